The van der Waals surface area contributed by atoms with Gasteiger partial charge in [0, 0.05) is 11.6 Å². The molecule has 0 fully saturated rings. The molecule has 0 aliphatic rings. The first-order valence-electron chi connectivity index (χ1n) is 9.06. The highest BCUT2D eigenvalue weighted by atomic mass is 35.5. The van der Waals surface area contributed by atoms with Crippen LogP contribution in [-0.2, 0) is 11.3 Å². The minimum absolute atomic E-state index is 0.161. The third kappa shape index (κ3) is 5.23. The molecule has 1 aromatic heterocycles. The van der Waals surface area contributed by atoms with Crippen molar-refractivity contribution in [2.75, 3.05) is 17.7 Å². The van der Waals surface area contributed by atoms with Gasteiger partial charge in [0.2, 0.25) is 5.91 Å². The Hall–Kier alpha value is -2.22. The zero-order chi connectivity index (χ0) is 20.8. The summed E-state index contributed by atoms with van der Waals surface area (Å²) >= 11 is 13.4. The molecule has 152 valence electrons. The number of halogens is 2. The van der Waals surface area contributed by atoms with E-state index in [1.807, 2.05) is 42.7 Å². The lowest BCUT2D eigenvalue weighted by Gasteiger charge is -2.11. The van der Waals surface area contributed by atoms with E-state index in [9.17, 15) is 4.79 Å². The van der Waals surface area contributed by atoms with Gasteiger partial charge in [0.15, 0.2) is 11.0 Å². The van der Waals surface area contributed by atoms with Crippen LogP contribution >= 0.6 is 35.0 Å². The Morgan fingerprint density at radius 3 is 2.72 bits per heavy atom. The van der Waals surface area contributed by atoms with Crippen LogP contribution in [0, 0.1) is 0 Å². The van der Waals surface area contributed by atoms with Crippen LogP contribution in [0.2, 0.25) is 10.0 Å². The molecule has 0 aliphatic carbocycles. The highest BCUT2D eigenvalue weighted by Crippen LogP contribution is 2.31. The molecule has 1 N–H and O–H groups in total. The lowest BCUT2D eigenvalue weighted by molar-refractivity contribution is -0.113. The van der Waals surface area contributed by atoms with Crippen molar-refractivity contribution in [1.82, 2.24) is 14.8 Å². The lowest BCUT2D eigenvalue weighted by Crippen LogP contribution is -2.15. The molecule has 0 unspecified atom stereocenters. The van der Waals surface area contributed by atoms with Crippen LogP contribution in [0.5, 0.6) is 5.75 Å². The van der Waals surface area contributed by atoms with Crippen LogP contribution in [0.25, 0.3) is 11.4 Å². The van der Waals surface area contributed by atoms with E-state index in [2.05, 4.69) is 15.5 Å². The van der Waals surface area contributed by atoms with E-state index in [4.69, 9.17) is 27.9 Å². The van der Waals surface area contributed by atoms with Crippen LogP contribution < -0.4 is 10.1 Å². The van der Waals surface area contributed by atoms with Gasteiger partial charge in [-0.1, -0.05) is 47.1 Å². The Morgan fingerprint density at radius 2 is 1.97 bits per heavy atom. The molecule has 1 heterocycles. The van der Waals surface area contributed by atoms with Gasteiger partial charge in [-0.05, 0) is 44.2 Å². The SMILES string of the molecule is CCOc1ccccc1-c1nnc(SCC(=O)Nc2cc(Cl)ccc2Cl)n1CC. The molecule has 0 aliphatic heterocycles. The van der Waals surface area contributed by atoms with Gasteiger partial charge in [-0.25, -0.2) is 0 Å². The molecule has 3 rings (SSSR count). The second-order valence-electron chi connectivity index (χ2n) is 5.94. The molecule has 0 radical (unpaired) electrons. The van der Waals surface area contributed by atoms with Crippen LogP contribution in [0.1, 0.15) is 13.8 Å². The quantitative estimate of drug-likeness (QED) is 0.465. The Morgan fingerprint density at radius 1 is 1.17 bits per heavy atom. The zero-order valence-corrected chi connectivity index (χ0v) is 18.3. The Balaban J connectivity index is 1.74. The fourth-order valence-electron chi connectivity index (χ4n) is 2.72. The molecule has 9 heteroatoms. The number of nitrogens with one attached hydrogen (secondary N) is 1. The summed E-state index contributed by atoms with van der Waals surface area (Å²) in [7, 11) is 0. The fourth-order valence-corrected chi connectivity index (χ4v) is 3.86. The summed E-state index contributed by atoms with van der Waals surface area (Å²) in [4.78, 5) is 12.4. The number of anilines is 1. The highest BCUT2D eigenvalue weighted by molar-refractivity contribution is 7.99. The van der Waals surface area contributed by atoms with Gasteiger partial charge in [-0.3, -0.25) is 4.79 Å². The van der Waals surface area contributed by atoms with Gasteiger partial charge in [0.25, 0.3) is 0 Å². The summed E-state index contributed by atoms with van der Waals surface area (Å²) in [5.41, 5.74) is 1.35. The Kier molecular flexibility index (Phi) is 7.41. The summed E-state index contributed by atoms with van der Waals surface area (Å²) < 4.78 is 7.67. The van der Waals surface area contributed by atoms with Crippen LogP contribution in [0.15, 0.2) is 47.6 Å². The van der Waals surface area contributed by atoms with Crippen molar-refractivity contribution < 1.29 is 9.53 Å². The van der Waals surface area contributed by atoms with Crippen molar-refractivity contribution in [2.45, 2.75) is 25.5 Å². The molecular formula is C20H20Cl2N4O2S. The van der Waals surface area contributed by atoms with E-state index in [-0.39, 0.29) is 11.7 Å². The predicted octanol–water partition coefficient (Wildman–Crippen LogP) is 5.40. The van der Waals surface area contributed by atoms with Crippen molar-refractivity contribution in [3.05, 3.63) is 52.5 Å². The van der Waals surface area contributed by atoms with E-state index < -0.39 is 0 Å². The largest absolute Gasteiger partial charge is 0.493 e. The summed E-state index contributed by atoms with van der Waals surface area (Å²) in [6, 6.07) is 12.6. The number of nitrogens with zero attached hydrogens (tertiary/aromatic N) is 3. The molecular weight excluding hydrogens is 431 g/mol. The second kappa shape index (κ2) is 10.0. The van der Waals surface area contributed by atoms with Gasteiger partial charge in [-0.15, -0.1) is 10.2 Å². The summed E-state index contributed by atoms with van der Waals surface area (Å²) in [5, 5.41) is 13.0. The molecule has 0 spiro atoms. The zero-order valence-electron chi connectivity index (χ0n) is 16.0. The van der Waals surface area contributed by atoms with Crippen molar-refractivity contribution in [3.8, 4) is 17.1 Å². The number of rotatable bonds is 8. The number of para-hydroxylation sites is 1. The van der Waals surface area contributed by atoms with Gasteiger partial charge < -0.3 is 14.6 Å². The molecule has 0 atom stereocenters. The van der Waals surface area contributed by atoms with Crippen LogP contribution in [0.4, 0.5) is 5.69 Å². The number of amides is 1. The monoisotopic (exact) mass is 450 g/mol. The van der Waals surface area contributed by atoms with Crippen LogP contribution in [-0.4, -0.2) is 33.0 Å². The van der Waals surface area contributed by atoms with Crippen molar-refractivity contribution in [2.24, 2.45) is 0 Å². The number of carbonyl (C=O) groups excluding carboxylic acids is 1. The molecule has 0 saturated heterocycles. The topological polar surface area (TPSA) is 69.0 Å². The maximum Gasteiger partial charge on any atom is 0.234 e. The first kappa shape index (κ1) is 21.5. The smallest absolute Gasteiger partial charge is 0.234 e. The fraction of sp³-hybridized carbons (Fsp3) is 0.250. The highest BCUT2D eigenvalue weighted by Gasteiger charge is 2.17. The Labute approximate surface area is 183 Å². The number of carbonyl (C=O) groups is 1. The van der Waals surface area contributed by atoms with E-state index in [1.165, 1.54) is 11.8 Å². The van der Waals surface area contributed by atoms with Gasteiger partial charge >= 0.3 is 0 Å². The molecule has 3 aromatic rings. The second-order valence-corrected chi connectivity index (χ2v) is 7.73. The van der Waals surface area contributed by atoms with E-state index in [0.717, 1.165) is 11.3 Å². The molecule has 2 aromatic carbocycles. The lowest BCUT2D eigenvalue weighted by atomic mass is 10.2. The number of aromatic nitrogens is 3. The summed E-state index contributed by atoms with van der Waals surface area (Å²) in [6.45, 7) is 5.16. The minimum Gasteiger partial charge on any atom is -0.493 e. The average molecular weight is 451 g/mol. The van der Waals surface area contributed by atoms with Crippen molar-refractivity contribution >= 4 is 46.6 Å². The molecule has 0 saturated carbocycles. The molecule has 29 heavy (non-hydrogen) atoms. The first-order chi connectivity index (χ1) is 14.0. The van der Waals surface area contributed by atoms with Gasteiger partial charge in [0.1, 0.15) is 5.75 Å². The van der Waals surface area contributed by atoms with Crippen molar-refractivity contribution in [3.63, 3.8) is 0 Å². The standard InChI is InChI=1S/C20H20Cl2N4O2S/c1-3-26-19(14-7-5-6-8-17(14)28-4-2)24-25-20(26)29-12-18(27)23-16-11-13(21)9-10-15(16)22/h5-11H,3-4,12H2,1-2H3,(H,23,27). The molecule has 1 amide bonds. The van der Waals surface area contributed by atoms with Gasteiger partial charge in [0.05, 0.1) is 28.6 Å². The number of hydrogen-bond acceptors (Lipinski definition) is 5. The maximum atomic E-state index is 12.4. The number of ether oxygens (including phenoxy) is 1. The third-order valence-corrected chi connectivity index (χ3v) is 5.53. The minimum atomic E-state index is -0.207. The Bertz CT molecular complexity index is 1010. The molecule has 0 bridgehead atoms. The van der Waals surface area contributed by atoms with Crippen LogP contribution in [0.3, 0.4) is 0 Å². The first-order valence-corrected chi connectivity index (χ1v) is 10.8. The third-order valence-electron chi connectivity index (χ3n) is 4.00. The normalized spacial score (nSPS) is 10.8. The predicted molar refractivity (Wildman–Crippen MR) is 118 cm³/mol. The van der Waals surface area contributed by atoms with E-state index in [0.29, 0.717) is 39.9 Å². The van der Waals surface area contributed by atoms with Gasteiger partial charge in [-0.2, -0.15) is 0 Å². The summed E-state index contributed by atoms with van der Waals surface area (Å²) in [6.07, 6.45) is 0. The van der Waals surface area contributed by atoms with Crippen molar-refractivity contribution in [1.29, 1.82) is 0 Å². The van der Waals surface area contributed by atoms with E-state index >= 15 is 0 Å². The summed E-state index contributed by atoms with van der Waals surface area (Å²) in [5.74, 6) is 1.41. The molecule has 6 nitrogen and oxygen atoms in total. The average Bonchev–Trinajstić information content (AvgIpc) is 3.12. The van der Waals surface area contributed by atoms with E-state index in [1.54, 1.807) is 18.2 Å². The number of benzene rings is 2. The number of hydrogen-bond donors (Lipinski definition) is 1. The maximum absolute atomic E-state index is 12.4. The number of thioether (sulfide) groups is 1.